The fraction of sp³-hybridized carbons (Fsp3) is 0.524. The van der Waals surface area contributed by atoms with Gasteiger partial charge >= 0.3 is 5.97 Å². The van der Waals surface area contributed by atoms with Crippen LogP contribution in [0.15, 0.2) is 22.0 Å². The predicted octanol–water partition coefficient (Wildman–Crippen LogP) is 3.42. The number of carbonyl (C=O) groups excluding carboxylic acids is 1. The van der Waals surface area contributed by atoms with Gasteiger partial charge in [-0.05, 0) is 25.6 Å². The van der Waals surface area contributed by atoms with Crippen molar-refractivity contribution in [2.45, 2.75) is 30.2 Å². The fourth-order valence-electron chi connectivity index (χ4n) is 3.88. The lowest BCUT2D eigenvalue weighted by Crippen LogP contribution is -2.44. The molecule has 30 heavy (non-hydrogen) atoms. The van der Waals surface area contributed by atoms with Crippen LogP contribution in [0.25, 0.3) is 10.9 Å². The smallest absolute Gasteiger partial charge is 0.344 e. The minimum atomic E-state index is -0.729. The van der Waals surface area contributed by atoms with Crippen LogP contribution in [0.3, 0.4) is 0 Å². The molecule has 0 spiro atoms. The number of anilines is 1. The highest BCUT2D eigenvalue weighted by Crippen LogP contribution is 2.47. The second-order valence-corrected chi connectivity index (χ2v) is 8.87. The number of piperazine rings is 1. The number of aromatic nitrogens is 1. The summed E-state index contributed by atoms with van der Waals surface area (Å²) in [5, 5.41) is -0.0704. The van der Waals surface area contributed by atoms with Crippen LogP contribution in [-0.4, -0.2) is 61.9 Å². The van der Waals surface area contributed by atoms with Crippen molar-refractivity contribution >= 4 is 34.3 Å². The van der Waals surface area contributed by atoms with Crippen LogP contribution in [0, 0.1) is 5.82 Å². The predicted molar refractivity (Wildman–Crippen MR) is 114 cm³/mol. The van der Waals surface area contributed by atoms with E-state index in [0.717, 1.165) is 31.3 Å². The molecule has 0 amide bonds. The molecule has 1 unspecified atom stereocenters. The largest absolute Gasteiger partial charge is 0.462 e. The number of hydrogen-bond acceptors (Lipinski definition) is 6. The third-order valence-electron chi connectivity index (χ3n) is 5.68. The van der Waals surface area contributed by atoms with Gasteiger partial charge < -0.3 is 19.1 Å². The molecule has 1 atom stereocenters. The Morgan fingerprint density at radius 3 is 2.67 bits per heavy atom. The van der Waals surface area contributed by atoms with E-state index in [1.165, 1.54) is 6.07 Å². The number of halogens is 2. The summed E-state index contributed by atoms with van der Waals surface area (Å²) in [4.78, 5) is 29.8. The summed E-state index contributed by atoms with van der Waals surface area (Å²) in [6.07, 6.45) is 1.53. The minimum Gasteiger partial charge on any atom is -0.462 e. The number of esters is 1. The molecule has 0 radical (unpaired) electrons. The summed E-state index contributed by atoms with van der Waals surface area (Å²) < 4.78 is 35.4. The number of pyridine rings is 1. The summed E-state index contributed by atoms with van der Waals surface area (Å²) in [5.74, 6) is -1.24. The topological polar surface area (TPSA) is 54.8 Å². The number of fused-ring (bicyclic) bond motifs is 3. The Labute approximate surface area is 177 Å². The number of alkyl halides is 1. The van der Waals surface area contributed by atoms with E-state index in [-0.39, 0.29) is 17.6 Å². The quantitative estimate of drug-likeness (QED) is 0.510. The molecule has 2 aliphatic heterocycles. The minimum absolute atomic E-state index is 0.0790. The monoisotopic (exact) mass is 437 g/mol. The number of thioether (sulfide) groups is 1. The van der Waals surface area contributed by atoms with Gasteiger partial charge in [-0.1, -0.05) is 25.1 Å². The molecule has 2 aliphatic rings. The lowest BCUT2D eigenvalue weighted by atomic mass is 10.1. The lowest BCUT2D eigenvalue weighted by Gasteiger charge is -2.36. The number of ether oxygens (including phenoxy) is 1. The van der Waals surface area contributed by atoms with Crippen molar-refractivity contribution < 1.29 is 18.3 Å². The molecule has 0 saturated carbocycles. The Bertz CT molecular complexity index is 1030. The number of nitrogens with zero attached hydrogens (tertiary/aromatic N) is 3. The molecule has 0 N–H and O–H groups in total. The Balaban J connectivity index is 1.82. The molecular weight excluding hydrogens is 412 g/mol. The first-order chi connectivity index (χ1) is 14.5. The van der Waals surface area contributed by atoms with Gasteiger partial charge in [0.15, 0.2) is 0 Å². The summed E-state index contributed by atoms with van der Waals surface area (Å²) in [6.45, 7) is 4.47. The molecular formula is C21H25F2N3O3S. The van der Waals surface area contributed by atoms with Crippen molar-refractivity contribution in [3.05, 3.63) is 33.7 Å². The highest BCUT2D eigenvalue weighted by molar-refractivity contribution is 8.00. The molecule has 1 aromatic heterocycles. The maximum atomic E-state index is 15.0. The molecule has 1 saturated heterocycles. The first-order valence-corrected chi connectivity index (χ1v) is 11.1. The van der Waals surface area contributed by atoms with E-state index in [1.54, 1.807) is 10.6 Å². The lowest BCUT2D eigenvalue weighted by molar-refractivity contribution is 0.0491. The third kappa shape index (κ3) is 3.58. The van der Waals surface area contributed by atoms with Gasteiger partial charge in [0.1, 0.15) is 23.4 Å². The van der Waals surface area contributed by atoms with Crippen LogP contribution < -0.4 is 10.3 Å². The van der Waals surface area contributed by atoms with Crippen LogP contribution in [0.2, 0.25) is 0 Å². The fourth-order valence-corrected chi connectivity index (χ4v) is 5.00. The SMILES string of the molecule is CCCCOC(=O)c1c2n(c3cc(N4CCN(C)CC4)c(F)cc3c1=O)C(CF)S2. The van der Waals surface area contributed by atoms with Crippen LogP contribution >= 0.6 is 11.8 Å². The molecule has 162 valence electrons. The molecule has 6 nitrogen and oxygen atoms in total. The molecule has 4 rings (SSSR count). The number of carbonyl (C=O) groups is 1. The average molecular weight is 438 g/mol. The Morgan fingerprint density at radius 1 is 1.27 bits per heavy atom. The maximum absolute atomic E-state index is 15.0. The van der Waals surface area contributed by atoms with Crippen molar-refractivity contribution in [3.63, 3.8) is 0 Å². The van der Waals surface area contributed by atoms with E-state index in [2.05, 4.69) is 4.90 Å². The van der Waals surface area contributed by atoms with Crippen LogP contribution in [0.5, 0.6) is 0 Å². The highest BCUT2D eigenvalue weighted by atomic mass is 32.2. The van der Waals surface area contributed by atoms with Gasteiger partial charge in [0.25, 0.3) is 0 Å². The van der Waals surface area contributed by atoms with E-state index in [4.69, 9.17) is 4.74 Å². The van der Waals surface area contributed by atoms with Crippen LogP contribution in [0.4, 0.5) is 14.5 Å². The van der Waals surface area contributed by atoms with Crippen LogP contribution in [0.1, 0.15) is 35.5 Å². The zero-order valence-electron chi connectivity index (χ0n) is 17.1. The van der Waals surface area contributed by atoms with Crippen molar-refractivity contribution in [1.29, 1.82) is 0 Å². The molecule has 1 fully saturated rings. The van der Waals surface area contributed by atoms with Gasteiger partial charge in [0, 0.05) is 31.6 Å². The number of unbranched alkanes of at least 4 members (excludes halogenated alkanes) is 1. The Kier molecular flexibility index (Phi) is 6.02. The normalized spacial score (nSPS) is 18.9. The number of benzene rings is 1. The average Bonchev–Trinajstić information content (AvgIpc) is 2.71. The van der Waals surface area contributed by atoms with Crippen molar-refractivity contribution in [2.75, 3.05) is 51.4 Å². The Hall–Kier alpha value is -2.13. The molecule has 2 aromatic rings. The van der Waals surface area contributed by atoms with E-state index < -0.39 is 29.3 Å². The first-order valence-electron chi connectivity index (χ1n) is 10.2. The summed E-state index contributed by atoms with van der Waals surface area (Å²) in [6, 6.07) is 2.80. The Morgan fingerprint density at radius 2 is 2.00 bits per heavy atom. The van der Waals surface area contributed by atoms with E-state index in [9.17, 15) is 18.4 Å². The molecule has 9 heteroatoms. The first kappa shape index (κ1) is 21.1. The third-order valence-corrected chi connectivity index (χ3v) is 6.91. The second-order valence-electron chi connectivity index (χ2n) is 7.71. The van der Waals surface area contributed by atoms with Crippen molar-refractivity contribution in [1.82, 2.24) is 9.47 Å². The highest BCUT2D eigenvalue weighted by Gasteiger charge is 2.36. The van der Waals surface area contributed by atoms with Crippen molar-refractivity contribution in [3.8, 4) is 0 Å². The second kappa shape index (κ2) is 8.55. The van der Waals surface area contributed by atoms with E-state index in [1.807, 2.05) is 18.9 Å². The standard InChI is InChI=1S/C21H25F2N3O3S/c1-3-4-9-29-21(28)18-19(27)13-10-14(23)16(25-7-5-24(2)6-8-25)11-15(13)26-17(12-22)30-20(18)26/h10-11,17H,3-9,12H2,1-2H3. The van der Waals surface area contributed by atoms with Gasteiger partial charge in [-0.25, -0.2) is 13.6 Å². The number of hydrogen-bond donors (Lipinski definition) is 0. The molecule has 3 heterocycles. The zero-order valence-corrected chi connectivity index (χ0v) is 17.9. The van der Waals surface area contributed by atoms with Crippen LogP contribution in [-0.2, 0) is 4.74 Å². The van der Waals surface area contributed by atoms with Gasteiger partial charge in [0.2, 0.25) is 5.43 Å². The number of likely N-dealkylation sites (N-methyl/N-ethyl adjacent to an activating group) is 1. The zero-order chi connectivity index (χ0) is 21.4. The van der Waals surface area contributed by atoms with Gasteiger partial charge in [-0.2, -0.15) is 0 Å². The number of rotatable bonds is 6. The molecule has 0 aliphatic carbocycles. The maximum Gasteiger partial charge on any atom is 0.344 e. The van der Waals surface area contributed by atoms with Crippen molar-refractivity contribution in [2.24, 2.45) is 0 Å². The van der Waals surface area contributed by atoms with E-state index in [0.29, 0.717) is 35.7 Å². The summed E-state index contributed by atoms with van der Waals surface area (Å²) in [5.41, 5.74) is 0.167. The van der Waals surface area contributed by atoms with Gasteiger partial charge in [-0.3, -0.25) is 4.79 Å². The summed E-state index contributed by atoms with van der Waals surface area (Å²) >= 11 is 1.14. The molecule has 1 aromatic carbocycles. The van der Waals surface area contributed by atoms with Gasteiger partial charge in [0.05, 0.1) is 22.8 Å². The molecule has 0 bridgehead atoms. The van der Waals surface area contributed by atoms with E-state index >= 15 is 0 Å². The summed E-state index contributed by atoms with van der Waals surface area (Å²) in [7, 11) is 2.01. The van der Waals surface area contributed by atoms with Gasteiger partial charge in [-0.15, -0.1) is 0 Å².